The van der Waals surface area contributed by atoms with Crippen molar-refractivity contribution in [2.45, 2.75) is 6.92 Å². The molecule has 0 saturated heterocycles. The van der Waals surface area contributed by atoms with Gasteiger partial charge in [0, 0.05) is 30.4 Å². The number of fused-ring (bicyclic) bond motifs is 3. The summed E-state index contributed by atoms with van der Waals surface area (Å²) < 4.78 is 2.17. The van der Waals surface area contributed by atoms with Gasteiger partial charge in [-0.05, 0) is 23.9 Å². The average Bonchev–Trinajstić information content (AvgIpc) is 2.40. The average molecular weight is 236 g/mol. The molecule has 0 atom stereocenters. The molecule has 0 unspecified atom stereocenters. The summed E-state index contributed by atoms with van der Waals surface area (Å²) in [5.74, 6) is 0. The van der Waals surface area contributed by atoms with Crippen molar-refractivity contribution in [1.82, 2.24) is 4.57 Å². The molecule has 0 aliphatic heterocycles. The number of para-hydroxylation sites is 1. The number of aryl methyl sites for hydroxylation is 2. The molecule has 0 fully saturated rings. The van der Waals surface area contributed by atoms with Crippen molar-refractivity contribution in [3.63, 3.8) is 0 Å². The number of benzene rings is 2. The van der Waals surface area contributed by atoms with Crippen LogP contribution in [0, 0.1) is 6.92 Å². The van der Waals surface area contributed by atoms with Crippen LogP contribution < -0.4 is 5.49 Å². The van der Waals surface area contributed by atoms with Crippen molar-refractivity contribution < 1.29 is 0 Å². The highest BCUT2D eigenvalue weighted by atomic mass is 15.0. The van der Waals surface area contributed by atoms with Crippen molar-refractivity contribution in [2.24, 2.45) is 12.0 Å². The molecule has 0 aliphatic rings. The van der Waals surface area contributed by atoms with Crippen LogP contribution in [-0.4, -0.2) is 11.6 Å². The van der Waals surface area contributed by atoms with Gasteiger partial charge < -0.3 is 4.57 Å². The van der Waals surface area contributed by atoms with E-state index in [4.69, 9.17) is 0 Å². The summed E-state index contributed by atoms with van der Waals surface area (Å²) in [5.41, 5.74) is 3.53. The van der Waals surface area contributed by atoms with Crippen LogP contribution in [0.5, 0.6) is 0 Å². The number of aromatic nitrogens is 1. The van der Waals surface area contributed by atoms with Crippen LogP contribution >= 0.6 is 0 Å². The number of pyridine rings is 1. The van der Waals surface area contributed by atoms with Gasteiger partial charge in [0.05, 0.1) is 0 Å². The van der Waals surface area contributed by atoms with Crippen LogP contribution in [0.3, 0.4) is 0 Å². The minimum atomic E-state index is 1.04. The lowest BCUT2D eigenvalue weighted by Gasteiger charge is -2.12. The maximum Gasteiger partial charge on any atom is 0.135 e. The maximum atomic E-state index is 4.47. The van der Waals surface area contributed by atoms with E-state index in [1.165, 1.54) is 27.2 Å². The molecule has 2 nitrogen and oxygen atoms in total. The van der Waals surface area contributed by atoms with Crippen LogP contribution in [0.25, 0.3) is 21.7 Å². The lowest BCUT2D eigenvalue weighted by Crippen LogP contribution is -2.19. The van der Waals surface area contributed by atoms with Gasteiger partial charge in [-0.3, -0.25) is 4.99 Å². The van der Waals surface area contributed by atoms with Gasteiger partial charge in [0.25, 0.3) is 0 Å². The minimum absolute atomic E-state index is 1.04. The Balaban J connectivity index is 2.77. The van der Waals surface area contributed by atoms with Crippen molar-refractivity contribution in [3.8, 4) is 0 Å². The van der Waals surface area contributed by atoms with Gasteiger partial charge in [0.1, 0.15) is 5.49 Å². The van der Waals surface area contributed by atoms with Crippen molar-refractivity contribution >= 4 is 21.7 Å². The predicted molar refractivity (Wildman–Crippen MR) is 76.6 cm³/mol. The normalized spacial score (nSPS) is 12.5. The summed E-state index contributed by atoms with van der Waals surface area (Å²) in [6, 6.07) is 14.9. The molecule has 2 heteroatoms. The largest absolute Gasteiger partial charge is 0.329 e. The van der Waals surface area contributed by atoms with Gasteiger partial charge >= 0.3 is 0 Å². The molecule has 3 rings (SSSR count). The number of hydrogen-bond acceptors (Lipinski definition) is 1. The third-order valence-corrected chi connectivity index (χ3v) is 3.58. The zero-order valence-electron chi connectivity index (χ0n) is 10.9. The predicted octanol–water partition coefficient (Wildman–Crippen LogP) is 3.17. The van der Waals surface area contributed by atoms with Gasteiger partial charge in [0.15, 0.2) is 0 Å². The first-order valence-corrected chi connectivity index (χ1v) is 6.14. The Labute approximate surface area is 106 Å². The summed E-state index contributed by atoms with van der Waals surface area (Å²) in [6.07, 6.45) is 0. The summed E-state index contributed by atoms with van der Waals surface area (Å²) in [5, 5.41) is 3.82. The molecular weight excluding hydrogens is 220 g/mol. The molecule has 2 aromatic carbocycles. The molecule has 0 aliphatic carbocycles. The fourth-order valence-corrected chi connectivity index (χ4v) is 2.73. The Hall–Kier alpha value is -2.09. The van der Waals surface area contributed by atoms with Gasteiger partial charge in [-0.2, -0.15) is 0 Å². The fourth-order valence-electron chi connectivity index (χ4n) is 2.73. The molecular formula is C16H16N2. The van der Waals surface area contributed by atoms with Gasteiger partial charge in [-0.25, -0.2) is 0 Å². The van der Waals surface area contributed by atoms with E-state index in [0.717, 1.165) is 5.49 Å². The lowest BCUT2D eigenvalue weighted by atomic mass is 10.0. The first-order chi connectivity index (χ1) is 8.74. The topological polar surface area (TPSA) is 17.3 Å². The summed E-state index contributed by atoms with van der Waals surface area (Å²) >= 11 is 0. The Morgan fingerprint density at radius 2 is 1.67 bits per heavy atom. The molecule has 0 spiro atoms. The maximum absolute atomic E-state index is 4.47. The molecule has 0 amide bonds. The van der Waals surface area contributed by atoms with Gasteiger partial charge in [-0.1, -0.05) is 36.4 Å². The minimum Gasteiger partial charge on any atom is -0.329 e. The van der Waals surface area contributed by atoms with Crippen LogP contribution in [0.4, 0.5) is 0 Å². The SMILES string of the molecule is CN=c1c2c(C)cccc2c2ccccc2n1C. The van der Waals surface area contributed by atoms with Gasteiger partial charge in [-0.15, -0.1) is 0 Å². The summed E-state index contributed by atoms with van der Waals surface area (Å²) in [4.78, 5) is 4.47. The molecule has 0 saturated carbocycles. The Morgan fingerprint density at radius 3 is 2.44 bits per heavy atom. The molecule has 1 aromatic heterocycles. The van der Waals surface area contributed by atoms with E-state index >= 15 is 0 Å². The zero-order valence-corrected chi connectivity index (χ0v) is 10.9. The van der Waals surface area contributed by atoms with E-state index < -0.39 is 0 Å². The third kappa shape index (κ3) is 1.39. The van der Waals surface area contributed by atoms with Crippen molar-refractivity contribution in [2.75, 3.05) is 7.05 Å². The van der Waals surface area contributed by atoms with E-state index in [2.05, 4.69) is 66.0 Å². The Bertz CT molecular complexity index is 810. The standard InChI is InChI=1S/C16H16N2/c1-11-7-6-9-13-12-8-4-5-10-14(12)18(3)16(17-2)15(11)13/h4-10H,1-3H3. The molecule has 0 N–H and O–H groups in total. The fraction of sp³-hybridized carbons (Fsp3) is 0.188. The van der Waals surface area contributed by atoms with Crippen LogP contribution in [0.15, 0.2) is 47.5 Å². The molecule has 18 heavy (non-hydrogen) atoms. The quantitative estimate of drug-likeness (QED) is 0.533. The van der Waals surface area contributed by atoms with Crippen LogP contribution in [-0.2, 0) is 7.05 Å². The third-order valence-electron chi connectivity index (χ3n) is 3.58. The van der Waals surface area contributed by atoms with Crippen molar-refractivity contribution in [3.05, 3.63) is 53.5 Å². The Kier molecular flexibility index (Phi) is 2.44. The number of hydrogen-bond donors (Lipinski definition) is 0. The summed E-state index contributed by atoms with van der Waals surface area (Å²) in [7, 11) is 3.94. The molecule has 1 heterocycles. The lowest BCUT2D eigenvalue weighted by molar-refractivity contribution is 0.881. The second kappa shape index (κ2) is 3.98. The first-order valence-electron chi connectivity index (χ1n) is 6.14. The highest BCUT2D eigenvalue weighted by molar-refractivity contribution is 6.06. The van der Waals surface area contributed by atoms with E-state index in [1.54, 1.807) is 0 Å². The van der Waals surface area contributed by atoms with Crippen LogP contribution in [0.2, 0.25) is 0 Å². The van der Waals surface area contributed by atoms with Crippen molar-refractivity contribution in [1.29, 1.82) is 0 Å². The van der Waals surface area contributed by atoms with E-state index in [9.17, 15) is 0 Å². The number of rotatable bonds is 0. The summed E-state index contributed by atoms with van der Waals surface area (Å²) in [6.45, 7) is 2.14. The zero-order chi connectivity index (χ0) is 12.7. The Morgan fingerprint density at radius 1 is 0.944 bits per heavy atom. The highest BCUT2D eigenvalue weighted by Gasteiger charge is 2.07. The van der Waals surface area contributed by atoms with E-state index in [1.807, 2.05) is 7.05 Å². The van der Waals surface area contributed by atoms with Crippen LogP contribution in [0.1, 0.15) is 5.56 Å². The molecule has 0 bridgehead atoms. The molecule has 0 radical (unpaired) electrons. The molecule has 90 valence electrons. The second-order valence-corrected chi connectivity index (χ2v) is 4.62. The molecule has 3 aromatic rings. The smallest absolute Gasteiger partial charge is 0.135 e. The van der Waals surface area contributed by atoms with E-state index in [0.29, 0.717) is 0 Å². The van der Waals surface area contributed by atoms with E-state index in [-0.39, 0.29) is 0 Å². The monoisotopic (exact) mass is 236 g/mol. The van der Waals surface area contributed by atoms with Gasteiger partial charge in [0.2, 0.25) is 0 Å². The highest BCUT2D eigenvalue weighted by Crippen LogP contribution is 2.23. The second-order valence-electron chi connectivity index (χ2n) is 4.62. The number of nitrogens with zero attached hydrogens (tertiary/aromatic N) is 2. The first kappa shape index (κ1) is 11.0.